The van der Waals surface area contributed by atoms with Crippen molar-refractivity contribution in [3.63, 3.8) is 0 Å². The molecule has 1 spiro atoms. The van der Waals surface area contributed by atoms with Crippen molar-refractivity contribution >= 4 is 17.8 Å². The Labute approximate surface area is 171 Å². The molecule has 1 N–H and O–H groups in total. The maximum absolute atomic E-state index is 13.0. The predicted octanol–water partition coefficient (Wildman–Crippen LogP) is 2.71. The average molecular weight is 399 g/mol. The third-order valence-corrected chi connectivity index (χ3v) is 5.93. The molecule has 2 unspecified atom stereocenters. The summed E-state index contributed by atoms with van der Waals surface area (Å²) in [6.45, 7) is 6.18. The minimum Gasteiger partial charge on any atom is -0.490 e. The summed E-state index contributed by atoms with van der Waals surface area (Å²) in [5, 5.41) is 2.88. The van der Waals surface area contributed by atoms with E-state index in [9.17, 15) is 14.4 Å². The van der Waals surface area contributed by atoms with Gasteiger partial charge in [-0.05, 0) is 36.5 Å². The lowest BCUT2D eigenvalue weighted by Crippen LogP contribution is -2.54. The number of benzene rings is 1. The standard InChI is InChI=1S/C22H29N3O4/c1-4-13-29-18-10-8-17(9-11-18)14-24(3)19(26)15-25-20(27)22(23-21(25)28)12-6-5-7-16(22)2/h4,8-11,16H,1,5-7,12-15H2,2-3H3,(H,23,28). The summed E-state index contributed by atoms with van der Waals surface area (Å²) in [5.74, 6) is 0.266. The summed E-state index contributed by atoms with van der Waals surface area (Å²) >= 11 is 0. The number of hydrogen-bond acceptors (Lipinski definition) is 4. The lowest BCUT2D eigenvalue weighted by atomic mass is 9.73. The fourth-order valence-corrected chi connectivity index (χ4v) is 4.10. The smallest absolute Gasteiger partial charge is 0.325 e. The number of carbonyl (C=O) groups is 3. The number of nitrogens with zero attached hydrogens (tertiary/aromatic N) is 2. The molecule has 1 aromatic rings. The molecule has 0 radical (unpaired) electrons. The van der Waals surface area contributed by atoms with Gasteiger partial charge in [-0.2, -0.15) is 0 Å². The zero-order valence-corrected chi connectivity index (χ0v) is 17.1. The molecular formula is C22H29N3O4. The summed E-state index contributed by atoms with van der Waals surface area (Å²) in [4.78, 5) is 40.7. The first-order valence-electron chi connectivity index (χ1n) is 10.1. The minimum atomic E-state index is -0.838. The summed E-state index contributed by atoms with van der Waals surface area (Å²) < 4.78 is 5.45. The third-order valence-electron chi connectivity index (χ3n) is 5.93. The quantitative estimate of drug-likeness (QED) is 0.565. The summed E-state index contributed by atoms with van der Waals surface area (Å²) in [7, 11) is 1.67. The number of nitrogens with one attached hydrogen (secondary N) is 1. The number of amides is 4. The van der Waals surface area contributed by atoms with Gasteiger partial charge in [0.25, 0.3) is 5.91 Å². The second-order valence-electron chi connectivity index (χ2n) is 7.93. The molecule has 0 aromatic heterocycles. The first-order chi connectivity index (χ1) is 13.9. The molecular weight excluding hydrogens is 370 g/mol. The Hall–Kier alpha value is -2.83. The lowest BCUT2D eigenvalue weighted by molar-refractivity contribution is -0.140. The van der Waals surface area contributed by atoms with E-state index in [1.807, 2.05) is 31.2 Å². The topological polar surface area (TPSA) is 79.0 Å². The molecule has 2 fully saturated rings. The van der Waals surface area contributed by atoms with Crippen LogP contribution in [-0.2, 0) is 16.1 Å². The molecule has 7 heteroatoms. The van der Waals surface area contributed by atoms with Gasteiger partial charge in [0.2, 0.25) is 5.91 Å². The predicted molar refractivity (Wildman–Crippen MR) is 109 cm³/mol. The number of urea groups is 1. The molecule has 1 aliphatic carbocycles. The Morgan fingerprint density at radius 3 is 2.72 bits per heavy atom. The molecule has 1 aromatic carbocycles. The highest BCUT2D eigenvalue weighted by Gasteiger charge is 2.55. The van der Waals surface area contributed by atoms with Crippen LogP contribution in [0.5, 0.6) is 5.75 Å². The van der Waals surface area contributed by atoms with Gasteiger partial charge in [0.1, 0.15) is 24.4 Å². The van der Waals surface area contributed by atoms with E-state index in [4.69, 9.17) is 4.74 Å². The maximum Gasteiger partial charge on any atom is 0.325 e. The molecule has 3 rings (SSSR count). The van der Waals surface area contributed by atoms with Gasteiger partial charge in [0.05, 0.1) is 0 Å². The number of rotatable bonds is 7. The van der Waals surface area contributed by atoms with Gasteiger partial charge >= 0.3 is 6.03 Å². The van der Waals surface area contributed by atoms with Gasteiger partial charge in [-0.1, -0.05) is 44.6 Å². The van der Waals surface area contributed by atoms with Crippen molar-refractivity contribution in [3.05, 3.63) is 42.5 Å². The van der Waals surface area contributed by atoms with Gasteiger partial charge < -0.3 is 15.0 Å². The van der Waals surface area contributed by atoms with Crippen LogP contribution in [0.3, 0.4) is 0 Å². The largest absolute Gasteiger partial charge is 0.490 e. The van der Waals surface area contributed by atoms with E-state index in [2.05, 4.69) is 11.9 Å². The van der Waals surface area contributed by atoms with Crippen molar-refractivity contribution in [2.24, 2.45) is 5.92 Å². The fraction of sp³-hybridized carbons (Fsp3) is 0.500. The molecule has 2 aliphatic rings. The van der Waals surface area contributed by atoms with Crippen molar-refractivity contribution in [1.82, 2.24) is 15.1 Å². The van der Waals surface area contributed by atoms with Crippen molar-refractivity contribution in [2.75, 3.05) is 20.2 Å². The van der Waals surface area contributed by atoms with Crippen LogP contribution >= 0.6 is 0 Å². The van der Waals surface area contributed by atoms with Gasteiger partial charge in [0.15, 0.2) is 0 Å². The molecule has 7 nitrogen and oxygen atoms in total. The van der Waals surface area contributed by atoms with E-state index in [0.29, 0.717) is 19.6 Å². The van der Waals surface area contributed by atoms with Crippen LogP contribution in [0.25, 0.3) is 0 Å². The van der Waals surface area contributed by atoms with Crippen LogP contribution in [-0.4, -0.2) is 53.4 Å². The highest BCUT2D eigenvalue weighted by Crippen LogP contribution is 2.38. The zero-order chi connectivity index (χ0) is 21.0. The molecule has 4 amide bonds. The number of imide groups is 1. The van der Waals surface area contributed by atoms with E-state index in [1.54, 1.807) is 13.1 Å². The summed E-state index contributed by atoms with van der Waals surface area (Å²) in [6.07, 6.45) is 5.18. The SMILES string of the molecule is C=CCOc1ccc(CN(C)C(=O)CN2C(=O)NC3(CCCCC3C)C2=O)cc1. The monoisotopic (exact) mass is 399 g/mol. The average Bonchev–Trinajstić information content (AvgIpc) is 2.94. The number of carbonyl (C=O) groups excluding carboxylic acids is 3. The molecule has 1 saturated carbocycles. The normalized spacial score (nSPS) is 23.8. The van der Waals surface area contributed by atoms with Crippen molar-refractivity contribution < 1.29 is 19.1 Å². The highest BCUT2D eigenvalue weighted by molar-refractivity contribution is 6.09. The Morgan fingerprint density at radius 1 is 1.34 bits per heavy atom. The second kappa shape index (κ2) is 8.68. The van der Waals surface area contributed by atoms with Gasteiger partial charge in [-0.15, -0.1) is 0 Å². The highest BCUT2D eigenvalue weighted by atomic mass is 16.5. The van der Waals surface area contributed by atoms with Crippen LogP contribution in [0.4, 0.5) is 4.79 Å². The van der Waals surface area contributed by atoms with E-state index in [1.165, 1.54) is 4.90 Å². The third kappa shape index (κ3) is 4.28. The molecule has 1 heterocycles. The molecule has 29 heavy (non-hydrogen) atoms. The molecule has 0 bridgehead atoms. The van der Waals surface area contributed by atoms with E-state index >= 15 is 0 Å². The molecule has 1 saturated heterocycles. The number of hydrogen-bond donors (Lipinski definition) is 1. The zero-order valence-electron chi connectivity index (χ0n) is 17.1. The lowest BCUT2D eigenvalue weighted by Gasteiger charge is -2.36. The van der Waals surface area contributed by atoms with E-state index in [-0.39, 0.29) is 24.3 Å². The van der Waals surface area contributed by atoms with Crippen LogP contribution in [0.15, 0.2) is 36.9 Å². The van der Waals surface area contributed by atoms with Gasteiger partial charge in [0, 0.05) is 13.6 Å². The maximum atomic E-state index is 13.0. The van der Waals surface area contributed by atoms with Crippen molar-refractivity contribution in [1.29, 1.82) is 0 Å². The van der Waals surface area contributed by atoms with Crippen LogP contribution in [0, 0.1) is 5.92 Å². The Balaban J connectivity index is 1.60. The minimum absolute atomic E-state index is 0.0763. The van der Waals surface area contributed by atoms with E-state index < -0.39 is 11.6 Å². The first-order valence-corrected chi connectivity index (χ1v) is 10.1. The molecule has 2 atom stereocenters. The Bertz CT molecular complexity index is 792. The number of likely N-dealkylation sites (N-methyl/N-ethyl adjacent to an activating group) is 1. The van der Waals surface area contributed by atoms with Gasteiger partial charge in [-0.3, -0.25) is 14.5 Å². The Kier molecular flexibility index (Phi) is 6.25. The first kappa shape index (κ1) is 20.9. The Morgan fingerprint density at radius 2 is 2.07 bits per heavy atom. The summed E-state index contributed by atoms with van der Waals surface area (Å²) in [6, 6.07) is 6.98. The van der Waals surface area contributed by atoms with Crippen molar-refractivity contribution in [2.45, 2.75) is 44.7 Å². The van der Waals surface area contributed by atoms with Crippen LogP contribution < -0.4 is 10.1 Å². The second-order valence-corrected chi connectivity index (χ2v) is 7.93. The number of ether oxygens (including phenoxy) is 1. The van der Waals surface area contributed by atoms with Crippen LogP contribution in [0.2, 0.25) is 0 Å². The molecule has 1 aliphatic heterocycles. The summed E-state index contributed by atoms with van der Waals surface area (Å²) in [5.41, 5.74) is 0.0940. The van der Waals surface area contributed by atoms with E-state index in [0.717, 1.165) is 35.5 Å². The van der Waals surface area contributed by atoms with Crippen LogP contribution in [0.1, 0.15) is 38.2 Å². The fourth-order valence-electron chi connectivity index (χ4n) is 4.10. The van der Waals surface area contributed by atoms with Gasteiger partial charge in [-0.25, -0.2) is 4.79 Å². The molecule has 156 valence electrons. The van der Waals surface area contributed by atoms with Crippen molar-refractivity contribution in [3.8, 4) is 5.75 Å².